The van der Waals surface area contributed by atoms with Crippen molar-refractivity contribution in [3.05, 3.63) is 0 Å². The number of esters is 1. The predicted octanol–water partition coefficient (Wildman–Crippen LogP) is -5.81. The summed E-state index contributed by atoms with van der Waals surface area (Å²) in [6.45, 7) is -1.10. The Balaban J connectivity index is 5.50. The Morgan fingerprint density at radius 3 is 2.00 bits per heavy atom. The van der Waals surface area contributed by atoms with E-state index in [1.807, 2.05) is 0 Å². The van der Waals surface area contributed by atoms with Crippen molar-refractivity contribution in [1.82, 2.24) is 0 Å². The zero-order valence-electron chi connectivity index (χ0n) is 12.8. The van der Waals surface area contributed by atoms with Gasteiger partial charge in [-0.2, -0.15) is 5.90 Å². The normalized spacial score (nSPS) is 17.8. The second kappa shape index (κ2) is 8.97. The molecule has 14 heteroatoms. The largest absolute Gasteiger partial charge is 0.481 e. The Kier molecular flexibility index (Phi) is 8.29. The van der Waals surface area contributed by atoms with E-state index in [2.05, 4.69) is 15.5 Å². The molecule has 25 heavy (non-hydrogen) atoms. The van der Waals surface area contributed by atoms with E-state index in [1.165, 1.54) is 0 Å². The number of aliphatic hydroxyl groups is 5. The third-order valence-corrected chi connectivity index (χ3v) is 3.09. The highest BCUT2D eigenvalue weighted by Gasteiger charge is 2.55. The molecule has 0 spiro atoms. The van der Waals surface area contributed by atoms with Crippen molar-refractivity contribution < 1.29 is 54.6 Å². The summed E-state index contributed by atoms with van der Waals surface area (Å²) in [5.74, 6) is -4.24. The Hall–Kier alpha value is -1.91. The zero-order chi connectivity index (χ0) is 20.0. The summed E-state index contributed by atoms with van der Waals surface area (Å²) in [7, 11) is 0. The van der Waals surface area contributed by atoms with Crippen LogP contribution in [0.1, 0.15) is 12.8 Å². The predicted molar refractivity (Wildman–Crippen MR) is 74.4 cm³/mol. The highest BCUT2D eigenvalue weighted by Crippen LogP contribution is 2.22. The second-order valence-corrected chi connectivity index (χ2v) is 5.11. The van der Waals surface area contributed by atoms with Crippen LogP contribution in [0.5, 0.6) is 0 Å². The third kappa shape index (κ3) is 5.83. The number of carbonyl (C=O) groups excluding carboxylic acids is 2. The van der Waals surface area contributed by atoms with Crippen LogP contribution in [0.15, 0.2) is 0 Å². The molecular weight excluding hydrogens is 350 g/mol. The van der Waals surface area contributed by atoms with E-state index in [9.17, 15) is 34.8 Å². The molecule has 0 radical (unpaired) electrons. The lowest BCUT2D eigenvalue weighted by Gasteiger charge is -2.35. The molecule has 14 nitrogen and oxygen atoms in total. The van der Waals surface area contributed by atoms with Crippen LogP contribution in [-0.2, 0) is 24.0 Å². The first-order valence-corrected chi connectivity index (χ1v) is 6.65. The van der Waals surface area contributed by atoms with Gasteiger partial charge in [0.25, 0.3) is 0 Å². The molecule has 146 valence electrons. The van der Waals surface area contributed by atoms with E-state index in [1.54, 1.807) is 0 Å². The lowest BCUT2D eigenvalue weighted by atomic mass is 9.99. The van der Waals surface area contributed by atoms with Crippen molar-refractivity contribution >= 4 is 17.9 Å². The number of carboxylic acids is 1. The van der Waals surface area contributed by atoms with Gasteiger partial charge in [-0.05, 0) is 6.42 Å². The molecule has 0 rings (SSSR count). The fourth-order valence-corrected chi connectivity index (χ4v) is 1.51. The summed E-state index contributed by atoms with van der Waals surface area (Å²) in [6, 6.07) is 0. The highest BCUT2D eigenvalue weighted by molar-refractivity contribution is 5.86. The van der Waals surface area contributed by atoms with Crippen LogP contribution in [0.3, 0.4) is 0 Å². The number of carboxylic acid groups (broad SMARTS) is 1. The Morgan fingerprint density at radius 2 is 1.60 bits per heavy atom. The number of hydrogen-bond donors (Lipinski definition) is 9. The fourth-order valence-electron chi connectivity index (χ4n) is 1.51. The molecule has 0 aliphatic rings. The van der Waals surface area contributed by atoms with Crippen LogP contribution in [0, 0.1) is 0 Å². The highest BCUT2D eigenvalue weighted by atomic mass is 16.7. The summed E-state index contributed by atoms with van der Waals surface area (Å²) < 4.78 is 4.28. The van der Waals surface area contributed by atoms with Crippen LogP contribution in [0.2, 0.25) is 0 Å². The topological polar surface area (TPSA) is 269 Å². The molecule has 0 aliphatic carbocycles. The average Bonchev–Trinajstić information content (AvgIpc) is 2.56. The van der Waals surface area contributed by atoms with Gasteiger partial charge in [0.05, 0.1) is 6.61 Å². The lowest BCUT2D eigenvalue weighted by Crippen LogP contribution is -2.65. The average molecular weight is 371 g/mol. The molecule has 0 heterocycles. The molecule has 0 amide bonds. The molecule has 12 N–H and O–H groups in total. The van der Waals surface area contributed by atoms with Crippen LogP contribution in [-0.4, -0.2) is 84.9 Å². The maximum atomic E-state index is 11.9. The smallest absolute Gasteiger partial charge is 0.401 e. The van der Waals surface area contributed by atoms with E-state index in [0.29, 0.717) is 0 Å². The second-order valence-electron chi connectivity index (χ2n) is 5.11. The number of nitrogens with two attached hydrogens (primary N) is 3. The molecule has 0 aliphatic heterocycles. The third-order valence-electron chi connectivity index (χ3n) is 3.09. The van der Waals surface area contributed by atoms with Gasteiger partial charge in [-0.3, -0.25) is 4.79 Å². The maximum absolute atomic E-state index is 11.9. The minimum atomic E-state index is -3.67. The molecular formula is C11H21N3O11. The van der Waals surface area contributed by atoms with Gasteiger partial charge in [0, 0.05) is 6.42 Å². The molecule has 4 unspecified atom stereocenters. The molecule has 0 saturated heterocycles. The maximum Gasteiger partial charge on any atom is 0.401 e. The van der Waals surface area contributed by atoms with E-state index >= 15 is 0 Å². The summed E-state index contributed by atoms with van der Waals surface area (Å²) in [5, 5.41) is 55.9. The van der Waals surface area contributed by atoms with Gasteiger partial charge in [-0.15, -0.1) is 0 Å². The van der Waals surface area contributed by atoms with Crippen molar-refractivity contribution in [1.29, 1.82) is 0 Å². The van der Waals surface area contributed by atoms with Crippen LogP contribution in [0.4, 0.5) is 0 Å². The molecule has 0 aromatic heterocycles. The van der Waals surface area contributed by atoms with Gasteiger partial charge in [0.15, 0.2) is 11.8 Å². The van der Waals surface area contributed by atoms with Crippen molar-refractivity contribution in [2.24, 2.45) is 17.4 Å². The SMILES string of the molecule is NOC(=O)C(O)(OC(=O)C(N)(N)CCC(=O)O)C(O)C(O)C(O)CO. The van der Waals surface area contributed by atoms with E-state index in [0.717, 1.165) is 0 Å². The number of carbonyl (C=O) groups is 3. The van der Waals surface area contributed by atoms with Crippen molar-refractivity contribution in [2.75, 3.05) is 6.61 Å². The van der Waals surface area contributed by atoms with Gasteiger partial charge >= 0.3 is 23.7 Å². The standard InChI is InChI=1S/C11H21N3O11/c12-10(13,2-1-5(17)18)8(21)24-11(23,9(22)25-14)7(20)6(19)4(16)3-15/h4,6-7,15-16,19-20,23H,1-3,12-14H2,(H,17,18). The number of aliphatic hydroxyl groups excluding tert-OH is 4. The first kappa shape index (κ1) is 23.1. The molecule has 0 aromatic rings. The van der Waals surface area contributed by atoms with Gasteiger partial charge < -0.3 is 51.7 Å². The van der Waals surface area contributed by atoms with E-state index in [4.69, 9.17) is 21.7 Å². The fraction of sp³-hybridized carbons (Fsp3) is 0.727. The molecule has 4 atom stereocenters. The monoisotopic (exact) mass is 371 g/mol. The van der Waals surface area contributed by atoms with Gasteiger partial charge in [0.1, 0.15) is 12.2 Å². The summed E-state index contributed by atoms with van der Waals surface area (Å²) in [6.07, 6.45) is -8.57. The van der Waals surface area contributed by atoms with Crippen molar-refractivity contribution in [2.45, 2.75) is 42.6 Å². The van der Waals surface area contributed by atoms with E-state index in [-0.39, 0.29) is 0 Å². The van der Waals surface area contributed by atoms with Crippen molar-refractivity contribution in [3.8, 4) is 0 Å². The van der Waals surface area contributed by atoms with Crippen LogP contribution in [0.25, 0.3) is 0 Å². The summed E-state index contributed by atoms with van der Waals surface area (Å²) in [4.78, 5) is 37.6. The minimum Gasteiger partial charge on any atom is -0.481 e. The molecule has 0 bridgehead atoms. The van der Waals surface area contributed by atoms with Gasteiger partial charge in [0.2, 0.25) is 0 Å². The first-order chi connectivity index (χ1) is 11.3. The Labute approximate surface area is 140 Å². The van der Waals surface area contributed by atoms with E-state index < -0.39 is 67.1 Å². The number of ether oxygens (including phenoxy) is 1. The van der Waals surface area contributed by atoms with Crippen LogP contribution < -0.4 is 17.4 Å². The molecule has 0 saturated carbocycles. The minimum absolute atomic E-state index is 0.684. The molecule has 0 fully saturated rings. The first-order valence-electron chi connectivity index (χ1n) is 6.65. The number of aliphatic carboxylic acids is 1. The number of hydrogen-bond acceptors (Lipinski definition) is 13. The quantitative estimate of drug-likeness (QED) is 0.0983. The zero-order valence-corrected chi connectivity index (χ0v) is 12.8. The van der Waals surface area contributed by atoms with Gasteiger partial charge in [-0.1, -0.05) is 0 Å². The summed E-state index contributed by atoms with van der Waals surface area (Å²) >= 11 is 0. The van der Waals surface area contributed by atoms with Crippen molar-refractivity contribution in [3.63, 3.8) is 0 Å². The summed E-state index contributed by atoms with van der Waals surface area (Å²) in [5.41, 5.74) is 8.15. The van der Waals surface area contributed by atoms with Crippen LogP contribution >= 0.6 is 0 Å². The van der Waals surface area contributed by atoms with Gasteiger partial charge in [-0.25, -0.2) is 9.59 Å². The lowest BCUT2D eigenvalue weighted by molar-refractivity contribution is -0.275. The molecule has 0 aromatic carbocycles. The Bertz CT molecular complexity index is 500. The Morgan fingerprint density at radius 1 is 1.08 bits per heavy atom. The number of rotatable bonds is 10.